The molecule has 25 heavy (non-hydrogen) atoms. The van der Waals surface area contributed by atoms with Crippen molar-refractivity contribution < 1.29 is 23.1 Å². The number of para-hydroxylation sites is 1. The molecule has 1 aromatic heterocycles. The number of rotatable bonds is 5. The Morgan fingerprint density at radius 1 is 1.12 bits per heavy atom. The third kappa shape index (κ3) is 3.36. The van der Waals surface area contributed by atoms with Crippen LogP contribution in [0.15, 0.2) is 42.6 Å². The topological polar surface area (TPSA) is 65.1 Å². The zero-order chi connectivity index (χ0) is 18.0. The highest BCUT2D eigenvalue weighted by Crippen LogP contribution is 2.20. The van der Waals surface area contributed by atoms with Gasteiger partial charge in [-0.3, -0.25) is 4.79 Å². The van der Waals surface area contributed by atoms with Crippen LogP contribution in [0.25, 0.3) is 10.9 Å². The van der Waals surface area contributed by atoms with Gasteiger partial charge in [-0.15, -0.1) is 0 Å². The fourth-order valence-corrected chi connectivity index (χ4v) is 2.72. The van der Waals surface area contributed by atoms with Crippen molar-refractivity contribution in [3.05, 3.63) is 71.2 Å². The van der Waals surface area contributed by atoms with Gasteiger partial charge in [0.25, 0.3) is 5.91 Å². The molecule has 0 aliphatic carbocycles. The Bertz CT molecular complexity index is 924. The number of H-pyrrole nitrogens is 1. The number of aliphatic hydroxyl groups excluding tert-OH is 1. The summed E-state index contributed by atoms with van der Waals surface area (Å²) in [5.41, 5.74) is 0.718. The third-order valence-electron chi connectivity index (χ3n) is 3.97. The number of halogens is 3. The predicted molar refractivity (Wildman–Crippen MR) is 86.7 cm³/mol. The Balaban J connectivity index is 1.81. The van der Waals surface area contributed by atoms with E-state index in [4.69, 9.17) is 0 Å². The van der Waals surface area contributed by atoms with E-state index in [9.17, 15) is 23.1 Å². The van der Waals surface area contributed by atoms with Crippen LogP contribution >= 0.6 is 0 Å². The van der Waals surface area contributed by atoms with Gasteiger partial charge in [0.15, 0.2) is 11.6 Å². The summed E-state index contributed by atoms with van der Waals surface area (Å²) in [6, 6.07) is 7.98. The van der Waals surface area contributed by atoms with E-state index in [1.807, 2.05) is 24.3 Å². The van der Waals surface area contributed by atoms with Crippen LogP contribution in [0.4, 0.5) is 13.2 Å². The summed E-state index contributed by atoms with van der Waals surface area (Å²) in [6.07, 6.45) is 1.98. The largest absolute Gasteiger partial charge is 0.394 e. The zero-order valence-corrected chi connectivity index (χ0v) is 13.0. The average molecular weight is 348 g/mol. The summed E-state index contributed by atoms with van der Waals surface area (Å²) >= 11 is 0. The van der Waals surface area contributed by atoms with Crippen molar-refractivity contribution >= 4 is 16.8 Å². The first kappa shape index (κ1) is 17.0. The standard InChI is InChI=1S/C18H15F3N2O2/c19-13-5-6-14(20)17(21)16(13)18(25)23-11(9-24)7-10-8-22-15-4-2-1-3-12(10)15/h1-6,8,11,22,24H,7,9H2,(H,23,25)/t11-/m0/s1. The van der Waals surface area contributed by atoms with Crippen LogP contribution in [0, 0.1) is 17.5 Å². The molecule has 1 atom stereocenters. The molecule has 0 spiro atoms. The van der Waals surface area contributed by atoms with Gasteiger partial charge in [-0.1, -0.05) is 18.2 Å². The molecule has 0 unspecified atom stereocenters. The van der Waals surface area contributed by atoms with E-state index in [-0.39, 0.29) is 6.42 Å². The van der Waals surface area contributed by atoms with E-state index in [1.54, 1.807) is 6.20 Å². The van der Waals surface area contributed by atoms with Gasteiger partial charge in [0, 0.05) is 17.1 Å². The first-order valence-electron chi connectivity index (χ1n) is 7.61. The molecule has 3 aromatic rings. The maximum Gasteiger partial charge on any atom is 0.257 e. The molecule has 7 heteroatoms. The number of aromatic amines is 1. The summed E-state index contributed by atoms with van der Waals surface area (Å²) in [4.78, 5) is 15.2. The second kappa shape index (κ2) is 6.98. The molecule has 0 fully saturated rings. The minimum atomic E-state index is -1.55. The number of aliphatic hydroxyl groups is 1. The van der Waals surface area contributed by atoms with E-state index in [1.165, 1.54) is 0 Å². The molecule has 3 rings (SSSR count). The van der Waals surface area contributed by atoms with Gasteiger partial charge in [0.05, 0.1) is 12.6 Å². The molecule has 130 valence electrons. The number of nitrogens with one attached hydrogen (secondary N) is 2. The molecule has 4 nitrogen and oxygen atoms in total. The van der Waals surface area contributed by atoms with Crippen LogP contribution in [0.3, 0.4) is 0 Å². The molecule has 0 bridgehead atoms. The Morgan fingerprint density at radius 2 is 1.84 bits per heavy atom. The van der Waals surface area contributed by atoms with Crippen molar-refractivity contribution in [3.63, 3.8) is 0 Å². The lowest BCUT2D eigenvalue weighted by Gasteiger charge is -2.16. The second-order valence-electron chi connectivity index (χ2n) is 5.63. The van der Waals surface area contributed by atoms with Crippen molar-refractivity contribution in [3.8, 4) is 0 Å². The third-order valence-corrected chi connectivity index (χ3v) is 3.97. The zero-order valence-electron chi connectivity index (χ0n) is 13.0. The quantitative estimate of drug-likeness (QED) is 0.621. The Kier molecular flexibility index (Phi) is 4.76. The van der Waals surface area contributed by atoms with Gasteiger partial charge in [0.1, 0.15) is 11.4 Å². The number of hydrogen-bond donors (Lipinski definition) is 3. The van der Waals surface area contributed by atoms with Crippen molar-refractivity contribution in [2.45, 2.75) is 12.5 Å². The summed E-state index contributed by atoms with van der Waals surface area (Å²) in [7, 11) is 0. The van der Waals surface area contributed by atoms with Crippen LogP contribution < -0.4 is 5.32 Å². The number of carbonyl (C=O) groups excluding carboxylic acids is 1. The van der Waals surface area contributed by atoms with E-state index in [0.29, 0.717) is 12.1 Å². The van der Waals surface area contributed by atoms with Crippen LogP contribution in [-0.2, 0) is 6.42 Å². The monoisotopic (exact) mass is 348 g/mol. The van der Waals surface area contributed by atoms with Gasteiger partial charge < -0.3 is 15.4 Å². The van der Waals surface area contributed by atoms with Gasteiger partial charge >= 0.3 is 0 Å². The maximum atomic E-state index is 13.7. The number of fused-ring (bicyclic) bond motifs is 1. The van der Waals surface area contributed by atoms with Gasteiger partial charge in [-0.25, -0.2) is 13.2 Å². The Hall–Kier alpha value is -2.80. The van der Waals surface area contributed by atoms with Crippen LogP contribution in [0.1, 0.15) is 15.9 Å². The molecule has 1 amide bonds. The predicted octanol–water partition coefficient (Wildman–Crippen LogP) is 2.92. The van der Waals surface area contributed by atoms with E-state index >= 15 is 0 Å². The van der Waals surface area contributed by atoms with Gasteiger partial charge in [-0.05, 0) is 30.2 Å². The lowest BCUT2D eigenvalue weighted by atomic mass is 10.0. The van der Waals surface area contributed by atoms with Crippen LogP contribution in [0.2, 0.25) is 0 Å². The molecular weight excluding hydrogens is 333 g/mol. The molecule has 0 radical (unpaired) electrons. The molecule has 2 aromatic carbocycles. The lowest BCUT2D eigenvalue weighted by molar-refractivity contribution is 0.0907. The molecule has 0 aliphatic rings. The minimum absolute atomic E-state index is 0.241. The summed E-state index contributed by atoms with van der Waals surface area (Å²) in [5, 5.41) is 12.8. The number of hydrogen-bond acceptors (Lipinski definition) is 2. The van der Waals surface area contributed by atoms with Crippen LogP contribution in [-0.4, -0.2) is 28.6 Å². The smallest absolute Gasteiger partial charge is 0.257 e. The SMILES string of the molecule is O=C(N[C@H](CO)Cc1c[nH]c2ccccc12)c1c(F)ccc(F)c1F. The molecule has 0 aliphatic heterocycles. The van der Waals surface area contributed by atoms with E-state index in [0.717, 1.165) is 16.5 Å². The highest BCUT2D eigenvalue weighted by Gasteiger charge is 2.23. The molecule has 3 N–H and O–H groups in total. The average Bonchev–Trinajstić information content (AvgIpc) is 3.01. The second-order valence-corrected chi connectivity index (χ2v) is 5.63. The first-order chi connectivity index (χ1) is 12.0. The maximum absolute atomic E-state index is 13.7. The normalized spacial score (nSPS) is 12.3. The summed E-state index contributed by atoms with van der Waals surface area (Å²) in [5.74, 6) is -5.15. The van der Waals surface area contributed by atoms with Crippen molar-refractivity contribution in [1.82, 2.24) is 10.3 Å². The number of benzene rings is 2. The highest BCUT2D eigenvalue weighted by molar-refractivity contribution is 5.95. The molecular formula is C18H15F3N2O2. The fraction of sp³-hybridized carbons (Fsp3) is 0.167. The number of aromatic nitrogens is 1. The molecule has 1 heterocycles. The highest BCUT2D eigenvalue weighted by atomic mass is 19.2. The minimum Gasteiger partial charge on any atom is -0.394 e. The van der Waals surface area contributed by atoms with Crippen molar-refractivity contribution in [2.24, 2.45) is 0 Å². The van der Waals surface area contributed by atoms with Crippen molar-refractivity contribution in [2.75, 3.05) is 6.61 Å². The number of carbonyl (C=O) groups is 1. The molecule has 0 saturated carbocycles. The fourth-order valence-electron chi connectivity index (χ4n) is 2.72. The Labute approximate surface area is 141 Å². The van der Waals surface area contributed by atoms with Gasteiger partial charge in [0.2, 0.25) is 0 Å². The lowest BCUT2D eigenvalue weighted by Crippen LogP contribution is -2.40. The van der Waals surface area contributed by atoms with Gasteiger partial charge in [-0.2, -0.15) is 0 Å². The van der Waals surface area contributed by atoms with Crippen molar-refractivity contribution in [1.29, 1.82) is 0 Å². The summed E-state index contributed by atoms with van der Waals surface area (Å²) in [6.45, 7) is -0.441. The molecule has 0 saturated heterocycles. The van der Waals surface area contributed by atoms with E-state index < -0.39 is 41.6 Å². The van der Waals surface area contributed by atoms with Crippen LogP contribution in [0.5, 0.6) is 0 Å². The first-order valence-corrected chi connectivity index (χ1v) is 7.61. The number of amides is 1. The van der Waals surface area contributed by atoms with E-state index in [2.05, 4.69) is 10.3 Å². The summed E-state index contributed by atoms with van der Waals surface area (Å²) < 4.78 is 40.6. The Morgan fingerprint density at radius 3 is 2.60 bits per heavy atom.